The van der Waals surface area contributed by atoms with Crippen LogP contribution in [0.4, 0.5) is 11.4 Å². The molecule has 0 aliphatic heterocycles. The van der Waals surface area contributed by atoms with Crippen molar-refractivity contribution >= 4 is 22.1 Å². The van der Waals surface area contributed by atoms with E-state index in [9.17, 15) is 0 Å². The molecule has 0 atom stereocenters. The van der Waals surface area contributed by atoms with Crippen LogP contribution < -0.4 is 5.32 Å². The Morgan fingerprint density at radius 3 is 1.89 bits per heavy atom. The van der Waals surface area contributed by atoms with Crippen LogP contribution in [0.25, 0.3) is 44.2 Å². The van der Waals surface area contributed by atoms with E-state index >= 15 is 0 Å². The van der Waals surface area contributed by atoms with Gasteiger partial charge in [0.1, 0.15) is 0 Å². The van der Waals surface area contributed by atoms with Crippen LogP contribution in [0.15, 0.2) is 146 Å². The smallest absolute Gasteiger partial charge is 0.0463 e. The Morgan fingerprint density at radius 1 is 0.371 bits per heavy atom. The highest BCUT2D eigenvalue weighted by Crippen LogP contribution is 2.34. The number of hydrogen-bond acceptors (Lipinski definition) is 1. The lowest BCUT2D eigenvalue weighted by Gasteiger charge is -2.14. The van der Waals surface area contributed by atoms with Crippen LogP contribution in [0, 0.1) is 0 Å². The maximum Gasteiger partial charge on any atom is 0.0463 e. The average molecular weight is 448 g/mol. The van der Waals surface area contributed by atoms with Gasteiger partial charge in [0.2, 0.25) is 0 Å². The third-order valence-corrected chi connectivity index (χ3v) is 6.47. The average Bonchev–Trinajstić information content (AvgIpc) is 2.94. The second-order valence-electron chi connectivity index (χ2n) is 8.72. The van der Waals surface area contributed by atoms with Gasteiger partial charge in [0.25, 0.3) is 0 Å². The fourth-order valence-electron chi connectivity index (χ4n) is 4.71. The molecule has 0 heterocycles. The zero-order valence-corrected chi connectivity index (χ0v) is 19.4. The van der Waals surface area contributed by atoms with Crippen LogP contribution in [-0.4, -0.2) is 0 Å². The van der Waals surface area contributed by atoms with Crippen molar-refractivity contribution in [1.29, 1.82) is 0 Å². The van der Waals surface area contributed by atoms with E-state index < -0.39 is 0 Å². The second kappa shape index (κ2) is 9.32. The van der Waals surface area contributed by atoms with Crippen LogP contribution in [-0.2, 0) is 0 Å². The van der Waals surface area contributed by atoms with Gasteiger partial charge in [0, 0.05) is 16.9 Å². The van der Waals surface area contributed by atoms with Crippen LogP contribution in [0.1, 0.15) is 0 Å². The van der Waals surface area contributed by atoms with Gasteiger partial charge in [0.05, 0.1) is 0 Å². The molecule has 6 aromatic carbocycles. The number of hydrogen-bond donors (Lipinski definition) is 1. The molecular weight excluding hydrogens is 422 g/mol. The lowest BCUT2D eigenvalue weighted by molar-refractivity contribution is 1.53. The molecule has 0 aliphatic rings. The minimum atomic E-state index is 1.07. The van der Waals surface area contributed by atoms with Crippen molar-refractivity contribution < 1.29 is 0 Å². The van der Waals surface area contributed by atoms with Gasteiger partial charge in [-0.05, 0) is 62.9 Å². The van der Waals surface area contributed by atoms with Crippen molar-refractivity contribution in [3.8, 4) is 33.4 Å². The highest BCUT2D eigenvalue weighted by Gasteiger charge is 2.08. The van der Waals surface area contributed by atoms with E-state index in [-0.39, 0.29) is 0 Å². The SMILES string of the molecule is c1ccc(-c2cccc(-c3ccccc3Nc3ccc(-c4cccc5ccccc45)cc3)c2)cc1. The minimum Gasteiger partial charge on any atom is -0.355 e. The molecule has 0 aromatic heterocycles. The summed E-state index contributed by atoms with van der Waals surface area (Å²) >= 11 is 0. The Morgan fingerprint density at radius 2 is 1.00 bits per heavy atom. The number of rotatable bonds is 5. The first-order valence-electron chi connectivity index (χ1n) is 12.0. The van der Waals surface area contributed by atoms with E-state index in [0.717, 1.165) is 11.4 Å². The summed E-state index contributed by atoms with van der Waals surface area (Å²) in [6.07, 6.45) is 0. The molecular formula is C34H25N. The van der Waals surface area contributed by atoms with E-state index in [0.29, 0.717) is 0 Å². The van der Waals surface area contributed by atoms with Gasteiger partial charge in [-0.3, -0.25) is 0 Å². The highest BCUT2D eigenvalue weighted by molar-refractivity contribution is 5.96. The number of fused-ring (bicyclic) bond motifs is 1. The third kappa shape index (κ3) is 4.32. The van der Waals surface area contributed by atoms with E-state index in [1.165, 1.54) is 44.2 Å². The Balaban J connectivity index is 1.31. The summed E-state index contributed by atoms with van der Waals surface area (Å²) in [7, 11) is 0. The van der Waals surface area contributed by atoms with E-state index in [2.05, 4.69) is 151 Å². The first-order valence-corrected chi connectivity index (χ1v) is 12.0. The highest BCUT2D eigenvalue weighted by atomic mass is 14.9. The Bertz CT molecular complexity index is 1590. The zero-order chi connectivity index (χ0) is 23.5. The molecule has 0 saturated heterocycles. The minimum absolute atomic E-state index is 1.07. The van der Waals surface area contributed by atoms with E-state index in [1.807, 2.05) is 0 Å². The molecule has 1 N–H and O–H groups in total. The van der Waals surface area contributed by atoms with Gasteiger partial charge in [-0.25, -0.2) is 0 Å². The number of nitrogens with one attached hydrogen (secondary N) is 1. The fourth-order valence-corrected chi connectivity index (χ4v) is 4.71. The van der Waals surface area contributed by atoms with Gasteiger partial charge in [-0.2, -0.15) is 0 Å². The standard InChI is InChI=1S/C34H25N/c1-2-10-25(11-3-1)28-14-8-15-29(24-28)33-17-6-7-19-34(33)35-30-22-20-27(21-23-30)32-18-9-13-26-12-4-5-16-31(26)32/h1-24,35H. The maximum absolute atomic E-state index is 3.65. The Kier molecular flexibility index (Phi) is 5.58. The first kappa shape index (κ1) is 20.9. The molecule has 35 heavy (non-hydrogen) atoms. The second-order valence-corrected chi connectivity index (χ2v) is 8.72. The zero-order valence-electron chi connectivity index (χ0n) is 19.4. The molecule has 0 amide bonds. The fraction of sp³-hybridized carbons (Fsp3) is 0. The largest absolute Gasteiger partial charge is 0.355 e. The van der Waals surface area contributed by atoms with Crippen LogP contribution in [0.2, 0.25) is 0 Å². The Hall–Kier alpha value is -4.62. The molecule has 0 fully saturated rings. The molecule has 1 nitrogen and oxygen atoms in total. The lowest BCUT2D eigenvalue weighted by Crippen LogP contribution is -1.93. The van der Waals surface area contributed by atoms with Crippen LogP contribution in [0.5, 0.6) is 0 Å². The van der Waals surface area contributed by atoms with Crippen molar-refractivity contribution in [3.05, 3.63) is 146 Å². The number of anilines is 2. The van der Waals surface area contributed by atoms with Crippen LogP contribution >= 0.6 is 0 Å². The van der Waals surface area contributed by atoms with Gasteiger partial charge in [-0.15, -0.1) is 0 Å². The first-order chi connectivity index (χ1) is 17.3. The third-order valence-electron chi connectivity index (χ3n) is 6.47. The molecule has 1 heteroatoms. The summed E-state index contributed by atoms with van der Waals surface area (Å²) in [5.74, 6) is 0. The summed E-state index contributed by atoms with van der Waals surface area (Å²) in [5, 5.41) is 6.19. The number of benzene rings is 6. The molecule has 0 bridgehead atoms. The van der Waals surface area contributed by atoms with Gasteiger partial charge in [-0.1, -0.05) is 121 Å². The molecule has 0 aliphatic carbocycles. The monoisotopic (exact) mass is 447 g/mol. The normalized spacial score (nSPS) is 10.9. The predicted molar refractivity (Wildman–Crippen MR) is 150 cm³/mol. The van der Waals surface area contributed by atoms with Crippen molar-refractivity contribution in [3.63, 3.8) is 0 Å². The molecule has 0 saturated carbocycles. The predicted octanol–water partition coefficient (Wildman–Crippen LogP) is 9.58. The van der Waals surface area contributed by atoms with Crippen molar-refractivity contribution in [2.45, 2.75) is 0 Å². The Labute approximate surface area is 206 Å². The quantitative estimate of drug-likeness (QED) is 0.277. The molecule has 6 aromatic rings. The van der Waals surface area contributed by atoms with Crippen LogP contribution in [0.3, 0.4) is 0 Å². The maximum atomic E-state index is 3.65. The van der Waals surface area contributed by atoms with Crippen molar-refractivity contribution in [1.82, 2.24) is 0 Å². The van der Waals surface area contributed by atoms with E-state index in [1.54, 1.807) is 0 Å². The summed E-state index contributed by atoms with van der Waals surface area (Å²) in [6.45, 7) is 0. The summed E-state index contributed by atoms with van der Waals surface area (Å²) in [6, 6.07) is 51.5. The lowest BCUT2D eigenvalue weighted by atomic mass is 9.97. The topological polar surface area (TPSA) is 12.0 Å². The summed E-state index contributed by atoms with van der Waals surface area (Å²) in [4.78, 5) is 0. The number of para-hydroxylation sites is 1. The molecule has 0 radical (unpaired) electrons. The van der Waals surface area contributed by atoms with Gasteiger partial charge in [0.15, 0.2) is 0 Å². The van der Waals surface area contributed by atoms with Gasteiger partial charge < -0.3 is 5.32 Å². The summed E-state index contributed by atoms with van der Waals surface area (Å²) < 4.78 is 0. The molecule has 166 valence electrons. The van der Waals surface area contributed by atoms with E-state index in [4.69, 9.17) is 0 Å². The van der Waals surface area contributed by atoms with Gasteiger partial charge >= 0.3 is 0 Å². The van der Waals surface area contributed by atoms with Crippen molar-refractivity contribution in [2.75, 3.05) is 5.32 Å². The van der Waals surface area contributed by atoms with Crippen molar-refractivity contribution in [2.24, 2.45) is 0 Å². The summed E-state index contributed by atoms with van der Waals surface area (Å²) in [5.41, 5.74) is 9.46. The molecule has 6 rings (SSSR count). The molecule has 0 spiro atoms. The molecule has 0 unspecified atom stereocenters.